The van der Waals surface area contributed by atoms with Crippen LogP contribution in [0.2, 0.25) is 5.02 Å². The molecule has 0 saturated heterocycles. The van der Waals surface area contributed by atoms with Gasteiger partial charge in [0, 0.05) is 32.6 Å². The fourth-order valence-electron chi connectivity index (χ4n) is 5.33. The summed E-state index contributed by atoms with van der Waals surface area (Å²) in [5.74, 6) is -1.71. The van der Waals surface area contributed by atoms with E-state index < -0.39 is 28.2 Å². The summed E-state index contributed by atoms with van der Waals surface area (Å²) in [6, 6.07) is 20.3. The number of nitrogens with zero attached hydrogens (tertiary/aromatic N) is 2. The smallest absolute Gasteiger partial charge is 0.269 e. The standard InChI is InChI=1S/C24H13ClN2O4/c25-13-9-11-14(12-10-13)26-22(28)20-19-15-5-1-3-7-17(15)24(27(30)31,21(20)23(26)29)18-8-4-2-6-16(18)19/h1-12,19H. The summed E-state index contributed by atoms with van der Waals surface area (Å²) in [6.45, 7) is 0. The van der Waals surface area contributed by atoms with Crippen molar-refractivity contribution >= 4 is 29.1 Å². The van der Waals surface area contributed by atoms with Crippen LogP contribution in [0.1, 0.15) is 28.2 Å². The zero-order valence-electron chi connectivity index (χ0n) is 15.9. The van der Waals surface area contributed by atoms with Crippen LogP contribution in [0, 0.1) is 10.1 Å². The highest BCUT2D eigenvalue weighted by Gasteiger charge is 2.68. The zero-order chi connectivity index (χ0) is 21.5. The molecule has 6 nitrogen and oxygen atoms in total. The average Bonchev–Trinajstić information content (AvgIpc) is 3.05. The molecule has 0 saturated carbocycles. The molecule has 1 aliphatic heterocycles. The molecule has 2 amide bonds. The van der Waals surface area contributed by atoms with E-state index in [9.17, 15) is 19.7 Å². The first-order chi connectivity index (χ1) is 15.0. The molecule has 3 aliphatic carbocycles. The minimum absolute atomic E-state index is 0.0557. The van der Waals surface area contributed by atoms with Gasteiger partial charge in [-0.1, -0.05) is 60.1 Å². The summed E-state index contributed by atoms with van der Waals surface area (Å²) < 4.78 is 0. The summed E-state index contributed by atoms with van der Waals surface area (Å²) in [4.78, 5) is 40.7. The third kappa shape index (κ3) is 1.98. The Morgan fingerprint density at radius 3 is 1.94 bits per heavy atom. The van der Waals surface area contributed by atoms with Gasteiger partial charge >= 0.3 is 5.54 Å². The predicted molar refractivity (Wildman–Crippen MR) is 113 cm³/mol. The molecular formula is C24H13ClN2O4. The van der Waals surface area contributed by atoms with Crippen LogP contribution in [0.5, 0.6) is 0 Å². The van der Waals surface area contributed by atoms with Gasteiger partial charge in [0.1, 0.15) is 5.57 Å². The number of carbonyl (C=O) groups excluding carboxylic acids is 2. The van der Waals surface area contributed by atoms with E-state index in [0.717, 1.165) is 4.90 Å². The first-order valence-corrected chi connectivity index (χ1v) is 10.1. The van der Waals surface area contributed by atoms with Crippen molar-refractivity contribution in [2.45, 2.75) is 11.5 Å². The fourth-order valence-corrected chi connectivity index (χ4v) is 5.45. The lowest BCUT2D eigenvalue weighted by atomic mass is 9.57. The molecule has 2 bridgehead atoms. The van der Waals surface area contributed by atoms with Crippen molar-refractivity contribution in [3.63, 3.8) is 0 Å². The van der Waals surface area contributed by atoms with E-state index in [1.165, 1.54) is 0 Å². The second-order valence-electron chi connectivity index (χ2n) is 7.79. The van der Waals surface area contributed by atoms with E-state index in [4.69, 9.17) is 11.6 Å². The van der Waals surface area contributed by atoms with Gasteiger partial charge in [-0.3, -0.25) is 19.7 Å². The van der Waals surface area contributed by atoms with Gasteiger partial charge in [0.2, 0.25) is 0 Å². The molecule has 0 aromatic heterocycles. The van der Waals surface area contributed by atoms with Crippen LogP contribution in [0.3, 0.4) is 0 Å². The van der Waals surface area contributed by atoms with Crippen molar-refractivity contribution in [1.82, 2.24) is 0 Å². The van der Waals surface area contributed by atoms with E-state index in [1.807, 2.05) is 0 Å². The lowest BCUT2D eigenvalue weighted by Crippen LogP contribution is -2.49. The highest BCUT2D eigenvalue weighted by atomic mass is 35.5. The number of benzene rings is 3. The topological polar surface area (TPSA) is 80.5 Å². The Hall–Kier alpha value is -3.77. The average molecular weight is 429 g/mol. The van der Waals surface area contributed by atoms with Crippen LogP contribution in [0.4, 0.5) is 5.69 Å². The quantitative estimate of drug-likeness (QED) is 0.348. The summed E-state index contributed by atoms with van der Waals surface area (Å²) in [5.41, 5.74) is 0.814. The maximum Gasteiger partial charge on any atom is 0.303 e. The first-order valence-electron chi connectivity index (χ1n) is 9.70. The maximum absolute atomic E-state index is 13.7. The van der Waals surface area contributed by atoms with Gasteiger partial charge in [-0.15, -0.1) is 0 Å². The molecule has 7 heteroatoms. The van der Waals surface area contributed by atoms with Gasteiger partial charge in [-0.25, -0.2) is 4.90 Å². The van der Waals surface area contributed by atoms with Gasteiger partial charge in [0.05, 0.1) is 5.69 Å². The monoisotopic (exact) mass is 428 g/mol. The van der Waals surface area contributed by atoms with E-state index >= 15 is 0 Å². The Bertz CT molecular complexity index is 1330. The second kappa shape index (κ2) is 5.89. The number of rotatable bonds is 2. The predicted octanol–water partition coefficient (Wildman–Crippen LogP) is 4.19. The van der Waals surface area contributed by atoms with Crippen molar-refractivity contribution in [3.8, 4) is 0 Å². The van der Waals surface area contributed by atoms with Gasteiger partial charge in [-0.2, -0.15) is 0 Å². The van der Waals surface area contributed by atoms with Gasteiger partial charge in [-0.05, 0) is 35.4 Å². The number of carbonyl (C=O) groups is 2. The highest BCUT2D eigenvalue weighted by Crippen LogP contribution is 2.61. The largest absolute Gasteiger partial charge is 0.303 e. The third-order valence-corrected chi connectivity index (χ3v) is 6.70. The Kier molecular flexibility index (Phi) is 3.43. The summed E-state index contributed by atoms with van der Waals surface area (Å²) >= 11 is 5.97. The molecule has 150 valence electrons. The second-order valence-corrected chi connectivity index (χ2v) is 8.22. The number of imide groups is 1. The number of halogens is 1. The van der Waals surface area contributed by atoms with Crippen LogP contribution in [-0.2, 0) is 15.1 Å². The normalized spacial score (nSPS) is 23.0. The summed E-state index contributed by atoms with van der Waals surface area (Å²) in [6.07, 6.45) is 0. The molecule has 3 aromatic rings. The maximum atomic E-state index is 13.7. The molecule has 1 heterocycles. The van der Waals surface area contributed by atoms with Gasteiger partial charge < -0.3 is 0 Å². The van der Waals surface area contributed by atoms with Gasteiger partial charge in [0.25, 0.3) is 11.8 Å². The van der Waals surface area contributed by atoms with E-state index in [-0.39, 0.29) is 11.1 Å². The molecular weight excluding hydrogens is 416 g/mol. The molecule has 0 radical (unpaired) electrons. The molecule has 0 spiro atoms. The molecule has 7 rings (SSSR count). The molecule has 3 aromatic carbocycles. The molecule has 0 unspecified atom stereocenters. The molecule has 0 fully saturated rings. The van der Waals surface area contributed by atoms with Crippen LogP contribution < -0.4 is 4.90 Å². The van der Waals surface area contributed by atoms with E-state index in [0.29, 0.717) is 33.0 Å². The van der Waals surface area contributed by atoms with Crippen molar-refractivity contribution in [2.24, 2.45) is 0 Å². The number of anilines is 1. The Labute approximate surface area is 181 Å². The van der Waals surface area contributed by atoms with Crippen molar-refractivity contribution < 1.29 is 14.5 Å². The fraction of sp³-hybridized carbons (Fsp3) is 0.0833. The SMILES string of the molecule is O=C1C2=C(C(=O)N1c1ccc(Cl)cc1)C1([N+](=O)[O-])c3ccccc3C2c2ccccc21. The highest BCUT2D eigenvalue weighted by molar-refractivity contribution is 6.35. The minimum atomic E-state index is -1.93. The number of hydrogen-bond acceptors (Lipinski definition) is 4. The lowest BCUT2D eigenvalue weighted by Gasteiger charge is -2.42. The first kappa shape index (κ1) is 18.0. The Balaban J connectivity index is 1.69. The third-order valence-electron chi connectivity index (χ3n) is 6.45. The Morgan fingerprint density at radius 1 is 0.839 bits per heavy atom. The number of amides is 2. The minimum Gasteiger partial charge on any atom is -0.269 e. The van der Waals surface area contributed by atoms with E-state index in [1.54, 1.807) is 72.8 Å². The van der Waals surface area contributed by atoms with Crippen LogP contribution in [0.15, 0.2) is 83.9 Å². The molecule has 31 heavy (non-hydrogen) atoms. The zero-order valence-corrected chi connectivity index (χ0v) is 16.7. The molecule has 0 N–H and O–H groups in total. The molecule has 4 aliphatic rings. The van der Waals surface area contributed by atoms with Crippen molar-refractivity contribution in [2.75, 3.05) is 4.90 Å². The van der Waals surface area contributed by atoms with Crippen LogP contribution in [-0.4, -0.2) is 16.7 Å². The summed E-state index contributed by atoms with van der Waals surface area (Å²) in [5, 5.41) is 13.3. The number of hydrogen-bond donors (Lipinski definition) is 0. The number of nitro groups is 1. The Morgan fingerprint density at radius 2 is 1.39 bits per heavy atom. The van der Waals surface area contributed by atoms with Crippen LogP contribution in [0.25, 0.3) is 0 Å². The van der Waals surface area contributed by atoms with E-state index in [2.05, 4.69) is 0 Å². The van der Waals surface area contributed by atoms with Crippen molar-refractivity contribution in [1.29, 1.82) is 0 Å². The molecule has 0 atom stereocenters. The van der Waals surface area contributed by atoms with Crippen molar-refractivity contribution in [3.05, 3.63) is 121 Å². The summed E-state index contributed by atoms with van der Waals surface area (Å²) in [7, 11) is 0. The lowest BCUT2D eigenvalue weighted by molar-refractivity contribution is -0.554. The van der Waals surface area contributed by atoms with Gasteiger partial charge in [0.15, 0.2) is 0 Å². The van der Waals surface area contributed by atoms with Crippen LogP contribution >= 0.6 is 11.6 Å².